The number of carbonyl (C=O) groups excluding carboxylic acids is 1. The van der Waals surface area contributed by atoms with Crippen molar-refractivity contribution in [1.82, 2.24) is 14.8 Å². The number of benzene rings is 2. The molecule has 5 rings (SSSR count). The van der Waals surface area contributed by atoms with E-state index < -0.39 is 0 Å². The highest BCUT2D eigenvalue weighted by molar-refractivity contribution is 5.95. The molecule has 2 aromatic carbocycles. The summed E-state index contributed by atoms with van der Waals surface area (Å²) in [6, 6.07) is 13.3. The van der Waals surface area contributed by atoms with E-state index in [4.69, 9.17) is 9.47 Å². The average Bonchev–Trinajstić information content (AvgIpc) is 3.63. The largest absolute Gasteiger partial charge is 0.492 e. The van der Waals surface area contributed by atoms with Gasteiger partial charge in [0.25, 0.3) is 11.5 Å². The molecule has 2 fully saturated rings. The maximum atomic E-state index is 13.5. The first kappa shape index (κ1) is 23.6. The molecule has 35 heavy (non-hydrogen) atoms. The van der Waals surface area contributed by atoms with E-state index in [9.17, 15) is 9.59 Å². The predicted octanol–water partition coefficient (Wildman–Crippen LogP) is 3.68. The Labute approximate surface area is 205 Å². The quantitative estimate of drug-likeness (QED) is 0.564. The zero-order chi connectivity index (χ0) is 24.5. The Morgan fingerprint density at radius 3 is 2.60 bits per heavy atom. The lowest BCUT2D eigenvalue weighted by Crippen LogP contribution is -2.46. The molecule has 2 aliphatic rings. The Kier molecular flexibility index (Phi) is 6.62. The van der Waals surface area contributed by atoms with Crippen LogP contribution in [0.3, 0.4) is 0 Å². The topological polar surface area (TPSA) is 72.8 Å². The van der Waals surface area contributed by atoms with Crippen molar-refractivity contribution in [3.63, 3.8) is 0 Å². The van der Waals surface area contributed by atoms with E-state index in [1.165, 1.54) is 0 Å². The average molecular weight is 476 g/mol. The van der Waals surface area contributed by atoms with Crippen LogP contribution in [0.1, 0.15) is 42.6 Å². The summed E-state index contributed by atoms with van der Waals surface area (Å²) in [6.07, 6.45) is 4.28. The molecule has 7 nitrogen and oxygen atoms in total. The van der Waals surface area contributed by atoms with Crippen LogP contribution in [-0.2, 0) is 4.74 Å². The number of rotatable bonds is 7. The molecular formula is C28H33N3O4. The fourth-order valence-electron chi connectivity index (χ4n) is 4.76. The summed E-state index contributed by atoms with van der Waals surface area (Å²) >= 11 is 0. The lowest BCUT2D eigenvalue weighted by molar-refractivity contribution is -0.0699. The fraction of sp³-hybridized carbons (Fsp3) is 0.429. The zero-order valence-electron chi connectivity index (χ0n) is 20.6. The Hall–Kier alpha value is -3.16. The van der Waals surface area contributed by atoms with Crippen molar-refractivity contribution in [2.45, 2.75) is 51.9 Å². The van der Waals surface area contributed by atoms with Crippen molar-refractivity contribution in [3.05, 3.63) is 70.1 Å². The summed E-state index contributed by atoms with van der Waals surface area (Å²) < 4.78 is 13.4. The van der Waals surface area contributed by atoms with Gasteiger partial charge < -0.3 is 14.8 Å². The Balaban J connectivity index is 1.36. The van der Waals surface area contributed by atoms with Gasteiger partial charge in [0, 0.05) is 37.4 Å². The van der Waals surface area contributed by atoms with E-state index in [2.05, 4.69) is 24.1 Å². The first-order valence-electron chi connectivity index (χ1n) is 12.5. The first-order valence-corrected chi connectivity index (χ1v) is 12.5. The highest BCUT2D eigenvalue weighted by Gasteiger charge is 2.24. The second kappa shape index (κ2) is 9.84. The lowest BCUT2D eigenvalue weighted by atomic mass is 10.1. The van der Waals surface area contributed by atoms with Crippen LogP contribution < -0.4 is 15.6 Å². The number of ether oxygens (including phenoxy) is 2. The molecule has 1 aliphatic heterocycles. The van der Waals surface area contributed by atoms with Crippen molar-refractivity contribution in [2.24, 2.45) is 0 Å². The first-order chi connectivity index (χ1) is 16.9. The van der Waals surface area contributed by atoms with Crippen LogP contribution in [0.2, 0.25) is 0 Å². The molecule has 1 aromatic heterocycles. The summed E-state index contributed by atoms with van der Waals surface area (Å²) in [7, 11) is 0. The number of nitrogens with zero attached hydrogens (tertiary/aromatic N) is 2. The van der Waals surface area contributed by atoms with Crippen molar-refractivity contribution < 1.29 is 14.3 Å². The number of hydrogen-bond donors (Lipinski definition) is 1. The third-order valence-electron chi connectivity index (χ3n) is 6.69. The number of hydrogen-bond acceptors (Lipinski definition) is 5. The Morgan fingerprint density at radius 2 is 1.86 bits per heavy atom. The molecule has 0 radical (unpaired) electrons. The third-order valence-corrected chi connectivity index (χ3v) is 6.69. The molecule has 184 valence electrons. The van der Waals surface area contributed by atoms with E-state index in [0.29, 0.717) is 29.0 Å². The molecule has 1 amide bonds. The molecule has 1 saturated carbocycles. The number of aryl methyl sites for hydroxylation is 1. The van der Waals surface area contributed by atoms with E-state index in [0.717, 1.165) is 43.4 Å². The summed E-state index contributed by atoms with van der Waals surface area (Å²) in [5.74, 6) is 0.582. The molecule has 1 N–H and O–H groups in total. The van der Waals surface area contributed by atoms with Crippen LogP contribution in [0.15, 0.2) is 53.5 Å². The van der Waals surface area contributed by atoms with Gasteiger partial charge >= 0.3 is 0 Å². The minimum absolute atomic E-state index is 0.0951. The van der Waals surface area contributed by atoms with Gasteiger partial charge in [0.05, 0.1) is 23.3 Å². The van der Waals surface area contributed by atoms with E-state index in [-0.39, 0.29) is 29.7 Å². The fourth-order valence-corrected chi connectivity index (χ4v) is 4.76. The van der Waals surface area contributed by atoms with Crippen LogP contribution in [0.25, 0.3) is 16.5 Å². The van der Waals surface area contributed by atoms with E-state index in [1.54, 1.807) is 16.8 Å². The smallest absolute Gasteiger partial charge is 0.263 e. The monoisotopic (exact) mass is 475 g/mol. The van der Waals surface area contributed by atoms with Gasteiger partial charge in [-0.1, -0.05) is 12.1 Å². The molecule has 2 atom stereocenters. The normalized spacial score (nSPS) is 20.7. The summed E-state index contributed by atoms with van der Waals surface area (Å²) in [5.41, 5.74) is 2.07. The summed E-state index contributed by atoms with van der Waals surface area (Å²) in [6.45, 7) is 9.28. The molecule has 1 saturated heterocycles. The van der Waals surface area contributed by atoms with Gasteiger partial charge in [0.15, 0.2) is 0 Å². The maximum absolute atomic E-state index is 13.5. The summed E-state index contributed by atoms with van der Waals surface area (Å²) in [4.78, 5) is 28.4. The van der Waals surface area contributed by atoms with Gasteiger partial charge in [-0.25, -0.2) is 0 Å². The van der Waals surface area contributed by atoms with Gasteiger partial charge in [-0.2, -0.15) is 0 Å². The zero-order valence-corrected chi connectivity index (χ0v) is 20.6. The molecular weight excluding hydrogens is 442 g/mol. The molecule has 3 aromatic rings. The standard InChI is InChI=1S/C28H33N3O4/c1-18-4-5-22(27(32)29-23-7-8-23)14-26(18)31-11-10-21-6-9-24(15-25(21)28(31)33)34-13-12-30-16-19(2)35-20(3)17-30/h4-6,9-11,14-15,19-20,23H,7-8,12-13,16-17H2,1-3H3,(H,29,32)/t19-,20+. The number of fused-ring (bicyclic) bond motifs is 1. The van der Waals surface area contributed by atoms with Crippen molar-refractivity contribution in [2.75, 3.05) is 26.2 Å². The highest BCUT2D eigenvalue weighted by Crippen LogP contribution is 2.23. The van der Waals surface area contributed by atoms with Gasteiger partial charge in [0.2, 0.25) is 0 Å². The minimum atomic E-state index is -0.133. The molecule has 0 unspecified atom stereocenters. The molecule has 0 bridgehead atoms. The predicted molar refractivity (Wildman–Crippen MR) is 137 cm³/mol. The van der Waals surface area contributed by atoms with Crippen molar-refractivity contribution in [1.29, 1.82) is 0 Å². The van der Waals surface area contributed by atoms with Crippen LogP contribution in [0.5, 0.6) is 5.75 Å². The number of carbonyl (C=O) groups is 1. The van der Waals surface area contributed by atoms with Crippen molar-refractivity contribution >= 4 is 16.7 Å². The lowest BCUT2D eigenvalue weighted by Gasteiger charge is -2.35. The number of morpholine rings is 1. The molecule has 2 heterocycles. The van der Waals surface area contributed by atoms with E-state index >= 15 is 0 Å². The minimum Gasteiger partial charge on any atom is -0.492 e. The van der Waals surface area contributed by atoms with Crippen molar-refractivity contribution in [3.8, 4) is 11.4 Å². The third kappa shape index (κ3) is 5.41. The second-order valence-corrected chi connectivity index (χ2v) is 9.85. The SMILES string of the molecule is Cc1ccc(C(=O)NC2CC2)cc1-n1ccc2ccc(OCCN3C[C@@H](C)O[C@@H](C)C3)cc2c1=O. The maximum Gasteiger partial charge on any atom is 0.263 e. The van der Waals surface area contributed by atoms with Crippen LogP contribution >= 0.6 is 0 Å². The van der Waals surface area contributed by atoms with E-state index in [1.807, 2.05) is 43.3 Å². The number of pyridine rings is 1. The summed E-state index contributed by atoms with van der Waals surface area (Å²) in [5, 5.41) is 4.46. The molecule has 0 spiro atoms. The highest BCUT2D eigenvalue weighted by atomic mass is 16.5. The van der Waals surface area contributed by atoms with Crippen LogP contribution in [0.4, 0.5) is 0 Å². The number of nitrogens with one attached hydrogen (secondary N) is 1. The van der Waals surface area contributed by atoms with Crippen LogP contribution in [-0.4, -0.2) is 59.9 Å². The molecule has 1 aliphatic carbocycles. The Morgan fingerprint density at radius 1 is 1.09 bits per heavy atom. The molecule has 7 heteroatoms. The van der Waals surface area contributed by atoms with Gasteiger partial charge in [0.1, 0.15) is 12.4 Å². The second-order valence-electron chi connectivity index (χ2n) is 9.85. The van der Waals surface area contributed by atoms with Gasteiger partial charge in [-0.05, 0) is 74.9 Å². The number of aromatic nitrogens is 1. The van der Waals surface area contributed by atoms with Gasteiger partial charge in [-0.3, -0.25) is 19.1 Å². The van der Waals surface area contributed by atoms with Crippen LogP contribution in [0, 0.1) is 6.92 Å². The van der Waals surface area contributed by atoms with Gasteiger partial charge in [-0.15, -0.1) is 0 Å². The number of amides is 1. The Bertz CT molecular complexity index is 1290.